The van der Waals surface area contributed by atoms with Crippen LogP contribution in [0.1, 0.15) is 18.1 Å². The van der Waals surface area contributed by atoms with Gasteiger partial charge in [-0.05, 0) is 59.9 Å². The van der Waals surface area contributed by atoms with Gasteiger partial charge >= 0.3 is 0 Å². The molecule has 0 aromatic heterocycles. The summed E-state index contributed by atoms with van der Waals surface area (Å²) in [6.45, 7) is 4.91. The first-order valence-corrected chi connectivity index (χ1v) is 8.32. The summed E-state index contributed by atoms with van der Waals surface area (Å²) in [5.41, 5.74) is 8.66. The molecular formula is C23H20O. The van der Waals surface area contributed by atoms with Gasteiger partial charge in [0.25, 0.3) is 0 Å². The van der Waals surface area contributed by atoms with Gasteiger partial charge in [-0.1, -0.05) is 60.2 Å². The molecule has 4 rings (SSSR count). The molecule has 0 radical (unpaired) electrons. The maximum atomic E-state index is 5.81. The van der Waals surface area contributed by atoms with Crippen LogP contribution < -0.4 is 4.74 Å². The molecule has 0 fully saturated rings. The van der Waals surface area contributed by atoms with Crippen LogP contribution in [0, 0.1) is 6.92 Å². The van der Waals surface area contributed by atoms with E-state index in [1.54, 1.807) is 0 Å². The van der Waals surface area contributed by atoms with Crippen LogP contribution in [-0.4, -0.2) is 6.61 Å². The van der Waals surface area contributed by atoms with Crippen molar-refractivity contribution in [3.05, 3.63) is 83.9 Å². The number of allylic oxidation sites excluding steroid dienone is 1. The molecule has 24 heavy (non-hydrogen) atoms. The lowest BCUT2D eigenvalue weighted by Crippen LogP contribution is -2.03. The number of aryl methyl sites for hydroxylation is 1. The summed E-state index contributed by atoms with van der Waals surface area (Å²) in [5, 5.41) is 0. The van der Waals surface area contributed by atoms with Gasteiger partial charge in [-0.15, -0.1) is 0 Å². The van der Waals surface area contributed by atoms with E-state index in [2.05, 4.69) is 86.7 Å². The fourth-order valence-electron chi connectivity index (χ4n) is 3.14. The van der Waals surface area contributed by atoms with E-state index in [4.69, 9.17) is 4.74 Å². The number of benzene rings is 3. The van der Waals surface area contributed by atoms with Crippen molar-refractivity contribution in [3.8, 4) is 28.0 Å². The predicted octanol–water partition coefficient (Wildman–Crippen LogP) is 6.12. The highest BCUT2D eigenvalue weighted by atomic mass is 16.5. The second kappa shape index (κ2) is 6.01. The normalized spacial score (nSPS) is 13.0. The molecule has 1 aliphatic rings. The standard InChI is InChI=1S/C23H20O/c1-16-6-8-18(9-7-16)19-4-3-5-20(14-19)21-10-11-22-17(2)12-13-24-23(22)15-21/h3-12,14-15H,13H2,1-2H3. The van der Waals surface area contributed by atoms with Gasteiger partial charge < -0.3 is 4.74 Å². The topological polar surface area (TPSA) is 9.23 Å². The summed E-state index contributed by atoms with van der Waals surface area (Å²) < 4.78 is 5.81. The van der Waals surface area contributed by atoms with Gasteiger partial charge in [0.05, 0.1) is 0 Å². The minimum absolute atomic E-state index is 0.658. The van der Waals surface area contributed by atoms with Crippen LogP contribution in [0.25, 0.3) is 27.8 Å². The first-order chi connectivity index (χ1) is 11.7. The highest BCUT2D eigenvalue weighted by molar-refractivity contribution is 5.78. The monoisotopic (exact) mass is 312 g/mol. The number of hydrogen-bond donors (Lipinski definition) is 0. The van der Waals surface area contributed by atoms with E-state index < -0.39 is 0 Å². The van der Waals surface area contributed by atoms with Gasteiger partial charge in [-0.3, -0.25) is 0 Å². The molecule has 0 bridgehead atoms. The van der Waals surface area contributed by atoms with Crippen molar-refractivity contribution in [2.45, 2.75) is 13.8 Å². The Morgan fingerprint density at radius 2 is 1.38 bits per heavy atom. The van der Waals surface area contributed by atoms with E-state index in [1.165, 1.54) is 39.0 Å². The van der Waals surface area contributed by atoms with Crippen molar-refractivity contribution in [1.82, 2.24) is 0 Å². The molecule has 0 saturated heterocycles. The minimum Gasteiger partial charge on any atom is -0.489 e. The summed E-state index contributed by atoms with van der Waals surface area (Å²) in [7, 11) is 0. The Morgan fingerprint density at radius 3 is 2.17 bits per heavy atom. The lowest BCUT2D eigenvalue weighted by atomic mass is 9.96. The Hall–Kier alpha value is -2.80. The Kier molecular flexibility index (Phi) is 3.70. The highest BCUT2D eigenvalue weighted by Gasteiger charge is 2.12. The average Bonchev–Trinajstić information content (AvgIpc) is 2.62. The molecule has 0 aliphatic carbocycles. The minimum atomic E-state index is 0.658. The van der Waals surface area contributed by atoms with Crippen molar-refractivity contribution in [2.24, 2.45) is 0 Å². The molecule has 1 nitrogen and oxygen atoms in total. The summed E-state index contributed by atoms with van der Waals surface area (Å²) in [4.78, 5) is 0. The van der Waals surface area contributed by atoms with Gasteiger partial charge in [0.15, 0.2) is 0 Å². The van der Waals surface area contributed by atoms with E-state index in [1.807, 2.05) is 0 Å². The third kappa shape index (κ3) is 2.74. The largest absolute Gasteiger partial charge is 0.489 e. The Balaban J connectivity index is 1.74. The first-order valence-electron chi connectivity index (χ1n) is 8.32. The van der Waals surface area contributed by atoms with Crippen LogP contribution in [-0.2, 0) is 0 Å². The van der Waals surface area contributed by atoms with Gasteiger partial charge in [0.2, 0.25) is 0 Å². The molecule has 1 heterocycles. The predicted molar refractivity (Wildman–Crippen MR) is 101 cm³/mol. The summed E-state index contributed by atoms with van der Waals surface area (Å²) in [6, 6.07) is 23.9. The summed E-state index contributed by atoms with van der Waals surface area (Å²) in [5.74, 6) is 0.980. The molecule has 1 aliphatic heterocycles. The number of hydrogen-bond acceptors (Lipinski definition) is 1. The molecule has 3 aromatic rings. The lowest BCUT2D eigenvalue weighted by Gasteiger charge is -2.17. The molecule has 0 unspecified atom stereocenters. The fraction of sp³-hybridized carbons (Fsp3) is 0.130. The van der Waals surface area contributed by atoms with E-state index in [-0.39, 0.29) is 0 Å². The maximum absolute atomic E-state index is 5.81. The van der Waals surface area contributed by atoms with E-state index in [0.717, 1.165) is 5.75 Å². The zero-order valence-corrected chi connectivity index (χ0v) is 14.0. The SMILES string of the molecule is CC1=CCOc2cc(-c3cccc(-c4ccc(C)cc4)c3)ccc21. The first kappa shape index (κ1) is 14.8. The maximum Gasteiger partial charge on any atom is 0.127 e. The third-order valence-electron chi connectivity index (χ3n) is 4.62. The van der Waals surface area contributed by atoms with Crippen LogP contribution >= 0.6 is 0 Å². The van der Waals surface area contributed by atoms with Crippen molar-refractivity contribution in [2.75, 3.05) is 6.61 Å². The van der Waals surface area contributed by atoms with Crippen LogP contribution in [0.2, 0.25) is 0 Å². The van der Waals surface area contributed by atoms with Crippen molar-refractivity contribution in [3.63, 3.8) is 0 Å². The van der Waals surface area contributed by atoms with E-state index in [0.29, 0.717) is 6.61 Å². The average molecular weight is 312 g/mol. The van der Waals surface area contributed by atoms with Crippen LogP contribution in [0.15, 0.2) is 72.8 Å². The molecule has 0 amide bonds. The summed E-state index contributed by atoms with van der Waals surface area (Å²) >= 11 is 0. The van der Waals surface area contributed by atoms with Gasteiger partial charge in [-0.2, -0.15) is 0 Å². The van der Waals surface area contributed by atoms with Crippen molar-refractivity contribution >= 4 is 5.57 Å². The second-order valence-corrected chi connectivity index (χ2v) is 6.36. The quantitative estimate of drug-likeness (QED) is 0.553. The van der Waals surface area contributed by atoms with Crippen molar-refractivity contribution in [1.29, 1.82) is 0 Å². The summed E-state index contributed by atoms with van der Waals surface area (Å²) in [6.07, 6.45) is 2.13. The molecule has 0 N–H and O–H groups in total. The molecule has 1 heteroatoms. The smallest absolute Gasteiger partial charge is 0.127 e. The van der Waals surface area contributed by atoms with E-state index >= 15 is 0 Å². The number of fused-ring (bicyclic) bond motifs is 1. The van der Waals surface area contributed by atoms with Gasteiger partial charge in [0.1, 0.15) is 12.4 Å². The Morgan fingerprint density at radius 1 is 0.708 bits per heavy atom. The van der Waals surface area contributed by atoms with Crippen LogP contribution in [0.5, 0.6) is 5.75 Å². The molecule has 3 aromatic carbocycles. The lowest BCUT2D eigenvalue weighted by molar-refractivity contribution is 0.357. The molecule has 0 spiro atoms. The molecule has 0 saturated carbocycles. The third-order valence-corrected chi connectivity index (χ3v) is 4.62. The molecule has 118 valence electrons. The highest BCUT2D eigenvalue weighted by Crippen LogP contribution is 2.34. The molecular weight excluding hydrogens is 292 g/mol. The Bertz CT molecular complexity index is 917. The number of ether oxygens (including phenoxy) is 1. The zero-order valence-electron chi connectivity index (χ0n) is 14.0. The van der Waals surface area contributed by atoms with Gasteiger partial charge in [0, 0.05) is 5.56 Å². The Labute approximate surface area is 143 Å². The van der Waals surface area contributed by atoms with Crippen LogP contribution in [0.4, 0.5) is 0 Å². The van der Waals surface area contributed by atoms with Crippen molar-refractivity contribution < 1.29 is 4.74 Å². The van der Waals surface area contributed by atoms with E-state index in [9.17, 15) is 0 Å². The molecule has 0 atom stereocenters. The zero-order chi connectivity index (χ0) is 16.5. The van der Waals surface area contributed by atoms with Gasteiger partial charge in [-0.25, -0.2) is 0 Å². The van der Waals surface area contributed by atoms with Crippen LogP contribution in [0.3, 0.4) is 0 Å². The number of rotatable bonds is 2. The second-order valence-electron chi connectivity index (χ2n) is 6.36. The fourth-order valence-corrected chi connectivity index (χ4v) is 3.14.